The third kappa shape index (κ3) is 5.02. The van der Waals surface area contributed by atoms with Crippen molar-refractivity contribution < 1.29 is 31.8 Å². The monoisotopic (exact) mass is 585 g/mol. The van der Waals surface area contributed by atoms with E-state index in [2.05, 4.69) is 4.98 Å². The molecule has 1 aliphatic carbocycles. The van der Waals surface area contributed by atoms with Crippen molar-refractivity contribution in [2.45, 2.75) is 82.0 Å². The van der Waals surface area contributed by atoms with Crippen molar-refractivity contribution in [3.05, 3.63) is 58.7 Å². The van der Waals surface area contributed by atoms with Crippen LogP contribution >= 0.6 is 0 Å². The summed E-state index contributed by atoms with van der Waals surface area (Å²) in [5, 5.41) is 0.555. The maximum atomic E-state index is 15.7. The second kappa shape index (κ2) is 10.1. The molecule has 11 heteroatoms. The van der Waals surface area contributed by atoms with E-state index in [4.69, 9.17) is 14.2 Å². The number of hydrogen-bond acceptors (Lipinski definition) is 7. The molecule has 3 aliphatic rings. The van der Waals surface area contributed by atoms with Crippen molar-refractivity contribution in [1.29, 1.82) is 0 Å². The van der Waals surface area contributed by atoms with Crippen LogP contribution in [0.15, 0.2) is 35.4 Å². The van der Waals surface area contributed by atoms with Crippen LogP contribution in [0.2, 0.25) is 0 Å². The number of carbonyl (C=O) groups is 1. The first-order chi connectivity index (χ1) is 19.4. The number of ether oxygens (including phenoxy) is 3. The first kappa shape index (κ1) is 28.1. The van der Waals surface area contributed by atoms with Crippen LogP contribution in [0.25, 0.3) is 11.0 Å². The highest BCUT2D eigenvalue weighted by Crippen LogP contribution is 2.45. The van der Waals surface area contributed by atoms with Gasteiger partial charge >= 0.3 is 6.09 Å². The zero-order valence-corrected chi connectivity index (χ0v) is 24.7. The molecular weight excluding hydrogens is 549 g/mol. The molecule has 9 nitrogen and oxygen atoms in total. The van der Waals surface area contributed by atoms with E-state index >= 15 is 4.39 Å². The summed E-state index contributed by atoms with van der Waals surface area (Å²) in [6.07, 6.45) is 3.02. The number of pyridine rings is 1. The normalized spacial score (nSPS) is 19.6. The average molecular weight is 586 g/mol. The highest BCUT2D eigenvalue weighted by molar-refractivity contribution is 7.90. The molecule has 6 rings (SSSR count). The van der Waals surface area contributed by atoms with E-state index in [1.165, 1.54) is 3.97 Å². The van der Waals surface area contributed by atoms with Crippen LogP contribution in [0.5, 0.6) is 0 Å². The molecule has 0 radical (unpaired) electrons. The Balaban J connectivity index is 1.46. The summed E-state index contributed by atoms with van der Waals surface area (Å²) in [5.74, 6) is -1.58. The summed E-state index contributed by atoms with van der Waals surface area (Å²) in [4.78, 5) is 18.8. The molecule has 41 heavy (non-hydrogen) atoms. The lowest BCUT2D eigenvalue weighted by Gasteiger charge is -2.34. The fourth-order valence-corrected chi connectivity index (χ4v) is 7.86. The smallest absolute Gasteiger partial charge is 0.410 e. The van der Waals surface area contributed by atoms with E-state index in [1.54, 1.807) is 29.2 Å². The summed E-state index contributed by atoms with van der Waals surface area (Å²) in [5.41, 5.74) is 2.33. The molecule has 0 saturated carbocycles. The minimum absolute atomic E-state index is 0.133. The summed E-state index contributed by atoms with van der Waals surface area (Å²) in [6, 6.07) is 6.68. The lowest BCUT2D eigenvalue weighted by atomic mass is 9.84. The molecule has 1 amide bonds. The molecule has 0 atom stereocenters. The number of halogens is 1. The molecule has 220 valence electrons. The van der Waals surface area contributed by atoms with Gasteiger partial charge in [-0.05, 0) is 70.6 Å². The molecule has 0 bridgehead atoms. The van der Waals surface area contributed by atoms with E-state index < -0.39 is 27.2 Å². The molecule has 4 heterocycles. The Morgan fingerprint density at radius 3 is 2.41 bits per heavy atom. The van der Waals surface area contributed by atoms with Crippen LogP contribution in [-0.2, 0) is 37.1 Å². The van der Waals surface area contributed by atoms with Crippen LogP contribution in [0, 0.1) is 12.7 Å². The Morgan fingerprint density at radius 2 is 1.78 bits per heavy atom. The molecule has 0 N–H and O–H groups in total. The maximum Gasteiger partial charge on any atom is 0.410 e. The number of aryl methyl sites for hydroxylation is 2. The van der Waals surface area contributed by atoms with Crippen LogP contribution in [0.3, 0.4) is 0 Å². The molecule has 2 aliphatic heterocycles. The van der Waals surface area contributed by atoms with Gasteiger partial charge in [0.25, 0.3) is 10.0 Å². The zero-order chi connectivity index (χ0) is 29.2. The molecule has 1 aromatic carbocycles. The number of likely N-dealkylation sites (tertiary alicyclic amines) is 1. The van der Waals surface area contributed by atoms with Crippen molar-refractivity contribution in [2.75, 3.05) is 26.3 Å². The van der Waals surface area contributed by atoms with E-state index in [9.17, 15) is 13.2 Å². The molecule has 2 saturated heterocycles. The Labute approximate surface area is 239 Å². The minimum Gasteiger partial charge on any atom is -0.444 e. The lowest BCUT2D eigenvalue weighted by molar-refractivity contribution is -0.164. The third-order valence-electron chi connectivity index (χ3n) is 8.26. The number of rotatable bonds is 3. The van der Waals surface area contributed by atoms with Gasteiger partial charge in [0, 0.05) is 42.6 Å². The standard InChI is InChI=1S/C30H36FN3O6S/c1-19-5-7-21(8-6-19)41(36,37)34-24-17-30(38-15-16-39-30)12-9-22(24)26-25(23(31)18-32-27(26)34)20-10-13-33(14-11-20)28(35)40-29(2,3)4/h5-8,18,20H,9-17H2,1-4H3. The Morgan fingerprint density at radius 1 is 1.12 bits per heavy atom. The van der Waals surface area contributed by atoms with Gasteiger partial charge in [-0.25, -0.2) is 26.6 Å². The van der Waals surface area contributed by atoms with Crippen LogP contribution in [0.1, 0.15) is 68.3 Å². The van der Waals surface area contributed by atoms with Crippen LogP contribution < -0.4 is 0 Å². The number of amides is 1. The quantitative estimate of drug-likeness (QED) is 0.423. The first-order valence-corrected chi connectivity index (χ1v) is 15.6. The van der Waals surface area contributed by atoms with Crippen LogP contribution in [0.4, 0.5) is 9.18 Å². The fraction of sp³-hybridized carbons (Fsp3) is 0.533. The Bertz CT molecular complexity index is 1600. The molecule has 2 aromatic heterocycles. The van der Waals surface area contributed by atoms with Gasteiger partial charge in [0.2, 0.25) is 0 Å². The fourth-order valence-electron chi connectivity index (χ4n) is 6.34. The molecule has 3 aromatic rings. The Kier molecular flexibility index (Phi) is 6.90. The third-order valence-corrected chi connectivity index (χ3v) is 10.0. The van der Waals surface area contributed by atoms with Crippen molar-refractivity contribution in [3.63, 3.8) is 0 Å². The van der Waals surface area contributed by atoms with Crippen LogP contribution in [-0.4, -0.2) is 66.1 Å². The zero-order valence-electron chi connectivity index (χ0n) is 23.9. The second-order valence-corrected chi connectivity index (χ2v) is 14.0. The molecule has 2 fully saturated rings. The minimum atomic E-state index is -4.07. The topological polar surface area (TPSA) is 100.0 Å². The predicted octanol–water partition coefficient (Wildman–Crippen LogP) is 5.07. The number of nitrogens with zero attached hydrogens (tertiary/aromatic N) is 3. The predicted molar refractivity (Wildman–Crippen MR) is 150 cm³/mol. The number of piperidine rings is 1. The number of aromatic nitrogens is 2. The van der Waals surface area contributed by atoms with Gasteiger partial charge in [-0.1, -0.05) is 17.7 Å². The summed E-state index contributed by atoms with van der Waals surface area (Å²) in [6.45, 7) is 9.08. The summed E-state index contributed by atoms with van der Waals surface area (Å²) >= 11 is 0. The average Bonchev–Trinajstić information content (AvgIpc) is 3.50. The van der Waals surface area contributed by atoms with Gasteiger partial charge in [0.05, 0.1) is 24.3 Å². The highest BCUT2D eigenvalue weighted by Gasteiger charge is 2.45. The van der Waals surface area contributed by atoms with E-state index in [0.717, 1.165) is 17.3 Å². The van der Waals surface area contributed by atoms with Crippen molar-refractivity contribution in [1.82, 2.24) is 13.9 Å². The van der Waals surface area contributed by atoms with E-state index in [-0.39, 0.29) is 29.0 Å². The maximum absolute atomic E-state index is 15.7. The lowest BCUT2D eigenvalue weighted by Crippen LogP contribution is -2.41. The number of fused-ring (bicyclic) bond motifs is 3. The van der Waals surface area contributed by atoms with Gasteiger partial charge < -0.3 is 19.1 Å². The molecule has 1 spiro atoms. The Hall–Kier alpha value is -3.02. The van der Waals surface area contributed by atoms with E-state index in [1.807, 2.05) is 27.7 Å². The van der Waals surface area contributed by atoms with Gasteiger partial charge in [-0.15, -0.1) is 0 Å². The molecular formula is C30H36FN3O6S. The highest BCUT2D eigenvalue weighted by atomic mass is 32.2. The molecule has 0 unspecified atom stereocenters. The van der Waals surface area contributed by atoms with Crippen molar-refractivity contribution in [3.8, 4) is 0 Å². The van der Waals surface area contributed by atoms with Gasteiger partial charge in [0.1, 0.15) is 11.4 Å². The summed E-state index contributed by atoms with van der Waals surface area (Å²) < 4.78 is 62.9. The van der Waals surface area contributed by atoms with Crippen molar-refractivity contribution >= 4 is 27.1 Å². The largest absolute Gasteiger partial charge is 0.444 e. The first-order valence-electron chi connectivity index (χ1n) is 14.2. The summed E-state index contributed by atoms with van der Waals surface area (Å²) in [7, 11) is -4.07. The van der Waals surface area contributed by atoms with Crippen molar-refractivity contribution in [2.24, 2.45) is 0 Å². The van der Waals surface area contributed by atoms with Gasteiger partial charge in [-0.2, -0.15) is 0 Å². The number of hydrogen-bond donors (Lipinski definition) is 0. The number of benzene rings is 1. The number of carbonyl (C=O) groups excluding carboxylic acids is 1. The second-order valence-electron chi connectivity index (χ2n) is 12.3. The van der Waals surface area contributed by atoms with Gasteiger partial charge in [0.15, 0.2) is 11.4 Å². The van der Waals surface area contributed by atoms with Gasteiger partial charge in [-0.3, -0.25) is 0 Å². The SMILES string of the molecule is Cc1ccc(S(=O)(=O)n2c3c(c4c(C5CCN(C(=O)OC(C)(C)C)CC5)c(F)cnc42)CCC2(C3)OCCO2)cc1. The van der Waals surface area contributed by atoms with E-state index in [0.29, 0.717) is 68.6 Å².